The second-order valence-electron chi connectivity index (χ2n) is 5.56. The van der Waals surface area contributed by atoms with E-state index in [1.165, 1.54) is 5.56 Å². The topological polar surface area (TPSA) is 9.23 Å². The van der Waals surface area contributed by atoms with Gasteiger partial charge in [0.2, 0.25) is 0 Å². The maximum atomic E-state index is 5.45. The van der Waals surface area contributed by atoms with Gasteiger partial charge in [-0.2, -0.15) is 0 Å². The van der Waals surface area contributed by atoms with E-state index in [9.17, 15) is 0 Å². The minimum atomic E-state index is -0.106. The molecule has 1 heteroatoms. The molecule has 0 spiro atoms. The summed E-state index contributed by atoms with van der Waals surface area (Å²) in [5.74, 6) is 0. The van der Waals surface area contributed by atoms with Crippen LogP contribution in [0.15, 0.2) is 73.5 Å². The summed E-state index contributed by atoms with van der Waals surface area (Å²) in [7, 11) is 0. The van der Waals surface area contributed by atoms with Crippen LogP contribution < -0.4 is 0 Å². The molecule has 0 saturated carbocycles. The molecule has 0 heterocycles. The highest BCUT2D eigenvalue weighted by molar-refractivity contribution is 5.47. The fourth-order valence-corrected chi connectivity index (χ4v) is 1.47. The Morgan fingerprint density at radius 1 is 0.810 bits per heavy atom. The molecule has 0 atom stereocenters. The van der Waals surface area contributed by atoms with Crippen molar-refractivity contribution < 1.29 is 4.74 Å². The van der Waals surface area contributed by atoms with Gasteiger partial charge in [0.05, 0.1) is 11.9 Å². The van der Waals surface area contributed by atoms with Gasteiger partial charge in [0.25, 0.3) is 0 Å². The average Bonchev–Trinajstić information content (AvgIpc) is 2.48. The minimum Gasteiger partial charge on any atom is -0.496 e. The third kappa shape index (κ3) is 8.48. The van der Waals surface area contributed by atoms with Gasteiger partial charge in [-0.1, -0.05) is 73.3 Å². The SMILES string of the molecule is C=Cc1ccccc1.CC(C)(C)OC=Cc1ccccc1. The molecule has 0 aliphatic heterocycles. The summed E-state index contributed by atoms with van der Waals surface area (Å²) in [5.41, 5.74) is 2.23. The first-order valence-electron chi connectivity index (χ1n) is 7.08. The predicted molar refractivity (Wildman–Crippen MR) is 92.8 cm³/mol. The van der Waals surface area contributed by atoms with E-state index in [1.54, 1.807) is 6.26 Å². The Morgan fingerprint density at radius 3 is 1.67 bits per heavy atom. The molecule has 0 aliphatic carbocycles. The van der Waals surface area contributed by atoms with Crippen LogP contribution >= 0.6 is 0 Å². The second-order valence-corrected chi connectivity index (χ2v) is 5.56. The van der Waals surface area contributed by atoms with Gasteiger partial charge in [-0.25, -0.2) is 0 Å². The van der Waals surface area contributed by atoms with Gasteiger partial charge in [0, 0.05) is 0 Å². The molecule has 21 heavy (non-hydrogen) atoms. The van der Waals surface area contributed by atoms with E-state index in [2.05, 4.69) is 6.58 Å². The number of ether oxygens (including phenoxy) is 1. The Labute approximate surface area is 128 Å². The van der Waals surface area contributed by atoms with Gasteiger partial charge in [0.15, 0.2) is 0 Å². The van der Waals surface area contributed by atoms with Crippen LogP contribution in [0, 0.1) is 0 Å². The molecule has 0 radical (unpaired) electrons. The normalized spacial score (nSPS) is 10.6. The van der Waals surface area contributed by atoms with Crippen LogP contribution in [0.25, 0.3) is 12.2 Å². The molecule has 0 unspecified atom stereocenters. The second kappa shape index (κ2) is 8.80. The quantitative estimate of drug-likeness (QED) is 0.645. The summed E-state index contributed by atoms with van der Waals surface area (Å²) in [6.45, 7) is 9.72. The Hall–Kier alpha value is -2.28. The van der Waals surface area contributed by atoms with Crippen LogP contribution in [-0.4, -0.2) is 5.60 Å². The molecule has 0 amide bonds. The van der Waals surface area contributed by atoms with E-state index in [-0.39, 0.29) is 5.60 Å². The zero-order valence-corrected chi connectivity index (χ0v) is 13.1. The van der Waals surface area contributed by atoms with Crippen molar-refractivity contribution in [3.8, 4) is 0 Å². The molecule has 0 aromatic heterocycles. The Kier molecular flexibility index (Phi) is 7.03. The van der Waals surface area contributed by atoms with Gasteiger partial charge in [-0.15, -0.1) is 0 Å². The first-order valence-corrected chi connectivity index (χ1v) is 7.08. The maximum absolute atomic E-state index is 5.45. The first kappa shape index (κ1) is 16.8. The van der Waals surface area contributed by atoms with Crippen LogP contribution in [-0.2, 0) is 4.74 Å². The zero-order valence-electron chi connectivity index (χ0n) is 13.1. The summed E-state index contributed by atoms with van der Waals surface area (Å²) < 4.78 is 5.45. The van der Waals surface area contributed by atoms with Gasteiger partial charge >= 0.3 is 0 Å². The average molecular weight is 280 g/mol. The lowest BCUT2D eigenvalue weighted by Crippen LogP contribution is -2.15. The lowest BCUT2D eigenvalue weighted by Gasteiger charge is -2.17. The van der Waals surface area contributed by atoms with E-state index in [1.807, 2.05) is 93.6 Å². The van der Waals surface area contributed by atoms with Crippen molar-refractivity contribution >= 4 is 12.2 Å². The number of hydrogen-bond acceptors (Lipinski definition) is 1. The molecule has 2 aromatic rings. The Bertz CT molecular complexity index is 533. The van der Waals surface area contributed by atoms with Crippen LogP contribution in [0.1, 0.15) is 31.9 Å². The van der Waals surface area contributed by atoms with Gasteiger partial charge in [-0.3, -0.25) is 0 Å². The monoisotopic (exact) mass is 280 g/mol. The van der Waals surface area contributed by atoms with Crippen molar-refractivity contribution in [3.05, 3.63) is 84.6 Å². The molecular weight excluding hydrogens is 256 g/mol. The van der Waals surface area contributed by atoms with Crippen LogP contribution in [0.3, 0.4) is 0 Å². The van der Waals surface area contributed by atoms with Crippen molar-refractivity contribution in [2.45, 2.75) is 26.4 Å². The summed E-state index contributed by atoms with van der Waals surface area (Å²) in [4.78, 5) is 0. The summed E-state index contributed by atoms with van der Waals surface area (Å²) in [6.07, 6.45) is 5.54. The summed E-state index contributed by atoms with van der Waals surface area (Å²) in [5, 5.41) is 0. The number of rotatable bonds is 3. The van der Waals surface area contributed by atoms with Crippen molar-refractivity contribution in [3.63, 3.8) is 0 Å². The molecule has 1 nitrogen and oxygen atoms in total. The third-order valence-corrected chi connectivity index (χ3v) is 2.52. The zero-order chi connectivity index (χ0) is 15.6. The van der Waals surface area contributed by atoms with E-state index < -0.39 is 0 Å². The maximum Gasteiger partial charge on any atom is 0.0998 e. The Balaban J connectivity index is 0.000000235. The van der Waals surface area contributed by atoms with E-state index in [4.69, 9.17) is 4.74 Å². The van der Waals surface area contributed by atoms with Crippen molar-refractivity contribution in [1.82, 2.24) is 0 Å². The summed E-state index contributed by atoms with van der Waals surface area (Å²) >= 11 is 0. The van der Waals surface area contributed by atoms with Crippen molar-refractivity contribution in [2.75, 3.05) is 0 Å². The van der Waals surface area contributed by atoms with Gasteiger partial charge < -0.3 is 4.74 Å². The predicted octanol–water partition coefficient (Wildman–Crippen LogP) is 5.80. The fourth-order valence-electron chi connectivity index (χ4n) is 1.47. The lowest BCUT2D eigenvalue weighted by atomic mass is 10.2. The van der Waals surface area contributed by atoms with E-state index in [0.717, 1.165) is 5.56 Å². The Morgan fingerprint density at radius 2 is 1.29 bits per heavy atom. The van der Waals surface area contributed by atoms with Crippen molar-refractivity contribution in [2.24, 2.45) is 0 Å². The molecular formula is C20H24O. The lowest BCUT2D eigenvalue weighted by molar-refractivity contribution is 0.0783. The van der Waals surface area contributed by atoms with Gasteiger partial charge in [-0.05, 0) is 38.0 Å². The van der Waals surface area contributed by atoms with Crippen molar-refractivity contribution in [1.29, 1.82) is 0 Å². The highest BCUT2D eigenvalue weighted by Gasteiger charge is 2.06. The molecule has 0 N–H and O–H groups in total. The third-order valence-electron chi connectivity index (χ3n) is 2.52. The molecule has 0 aliphatic rings. The fraction of sp³-hybridized carbons (Fsp3) is 0.200. The highest BCUT2D eigenvalue weighted by Crippen LogP contribution is 2.09. The van der Waals surface area contributed by atoms with E-state index >= 15 is 0 Å². The molecule has 2 aromatic carbocycles. The first-order chi connectivity index (χ1) is 10.0. The summed E-state index contributed by atoms with van der Waals surface area (Å²) in [6, 6.07) is 20.1. The van der Waals surface area contributed by atoms with Crippen LogP contribution in [0.5, 0.6) is 0 Å². The molecule has 0 saturated heterocycles. The number of benzene rings is 2. The molecule has 2 rings (SSSR count). The highest BCUT2D eigenvalue weighted by atomic mass is 16.5. The van der Waals surface area contributed by atoms with Gasteiger partial charge in [0.1, 0.15) is 0 Å². The van der Waals surface area contributed by atoms with E-state index in [0.29, 0.717) is 0 Å². The smallest absolute Gasteiger partial charge is 0.0998 e. The molecule has 110 valence electrons. The molecule has 0 bridgehead atoms. The van der Waals surface area contributed by atoms with Crippen LogP contribution in [0.4, 0.5) is 0 Å². The minimum absolute atomic E-state index is 0.106. The largest absolute Gasteiger partial charge is 0.496 e. The number of hydrogen-bond donors (Lipinski definition) is 0. The van der Waals surface area contributed by atoms with Crippen LogP contribution in [0.2, 0.25) is 0 Å². The standard InChI is InChI=1S/C12H16O.C8H8/c1-12(2,3)13-10-9-11-7-5-4-6-8-11;1-2-8-6-4-3-5-7-8/h4-10H,1-3H3;2-7H,1H2. The molecule has 0 fully saturated rings.